The SMILES string of the molecule is COC(=O)c1ccc([C@H](C)Sc2nnc(N3CCCC3)s2)o1. The van der Waals surface area contributed by atoms with Crippen molar-refractivity contribution in [3.8, 4) is 0 Å². The summed E-state index contributed by atoms with van der Waals surface area (Å²) in [6, 6.07) is 3.43. The molecule has 0 aliphatic carbocycles. The molecule has 0 aromatic carbocycles. The summed E-state index contributed by atoms with van der Waals surface area (Å²) >= 11 is 3.19. The minimum Gasteiger partial charge on any atom is -0.463 e. The third-order valence-electron chi connectivity index (χ3n) is 3.46. The van der Waals surface area contributed by atoms with Crippen molar-refractivity contribution in [2.45, 2.75) is 29.4 Å². The Kier molecular flexibility index (Phi) is 4.68. The van der Waals surface area contributed by atoms with E-state index < -0.39 is 5.97 Å². The number of aromatic nitrogens is 2. The zero-order chi connectivity index (χ0) is 15.5. The molecule has 0 amide bonds. The molecule has 1 aliphatic heterocycles. The predicted molar refractivity (Wildman–Crippen MR) is 85.7 cm³/mol. The highest BCUT2D eigenvalue weighted by Crippen LogP contribution is 2.39. The Hall–Kier alpha value is -1.54. The minimum absolute atomic E-state index is 0.0535. The molecule has 22 heavy (non-hydrogen) atoms. The summed E-state index contributed by atoms with van der Waals surface area (Å²) in [6.45, 7) is 4.15. The number of anilines is 1. The number of methoxy groups -OCH3 is 1. The van der Waals surface area contributed by atoms with Gasteiger partial charge in [0.15, 0.2) is 4.34 Å². The second-order valence-electron chi connectivity index (χ2n) is 5.00. The number of hydrogen-bond donors (Lipinski definition) is 0. The maximum absolute atomic E-state index is 11.4. The van der Waals surface area contributed by atoms with Crippen molar-refractivity contribution >= 4 is 34.2 Å². The molecule has 3 heterocycles. The van der Waals surface area contributed by atoms with E-state index in [-0.39, 0.29) is 11.0 Å². The smallest absolute Gasteiger partial charge is 0.373 e. The van der Waals surface area contributed by atoms with Crippen molar-refractivity contribution in [1.82, 2.24) is 10.2 Å². The van der Waals surface area contributed by atoms with Crippen molar-refractivity contribution in [3.63, 3.8) is 0 Å². The van der Waals surface area contributed by atoms with Crippen molar-refractivity contribution in [3.05, 3.63) is 23.7 Å². The zero-order valence-corrected chi connectivity index (χ0v) is 14.1. The molecule has 2 aromatic rings. The first-order valence-electron chi connectivity index (χ1n) is 7.10. The summed E-state index contributed by atoms with van der Waals surface area (Å²) < 4.78 is 11.1. The number of carbonyl (C=O) groups is 1. The maximum Gasteiger partial charge on any atom is 0.373 e. The first-order chi connectivity index (χ1) is 10.7. The highest BCUT2D eigenvalue weighted by Gasteiger charge is 2.20. The Morgan fingerprint density at radius 1 is 1.41 bits per heavy atom. The second kappa shape index (κ2) is 6.70. The molecule has 1 saturated heterocycles. The maximum atomic E-state index is 11.4. The number of esters is 1. The Labute approximate surface area is 136 Å². The first-order valence-corrected chi connectivity index (χ1v) is 8.80. The van der Waals surface area contributed by atoms with E-state index in [1.54, 1.807) is 35.2 Å². The van der Waals surface area contributed by atoms with Crippen LogP contribution in [0.5, 0.6) is 0 Å². The van der Waals surface area contributed by atoms with Crippen LogP contribution in [0.15, 0.2) is 20.9 Å². The van der Waals surface area contributed by atoms with Gasteiger partial charge in [0.1, 0.15) is 5.76 Å². The number of rotatable bonds is 5. The Morgan fingerprint density at radius 3 is 2.91 bits per heavy atom. The number of nitrogens with zero attached hydrogens (tertiary/aromatic N) is 3. The first kappa shape index (κ1) is 15.4. The van der Waals surface area contributed by atoms with Crippen LogP contribution in [0.25, 0.3) is 0 Å². The molecule has 6 nitrogen and oxygen atoms in total. The van der Waals surface area contributed by atoms with Crippen molar-refractivity contribution in [2.24, 2.45) is 0 Å². The fourth-order valence-electron chi connectivity index (χ4n) is 2.28. The zero-order valence-electron chi connectivity index (χ0n) is 12.4. The third kappa shape index (κ3) is 3.27. The summed E-state index contributed by atoms with van der Waals surface area (Å²) in [5, 5.41) is 9.54. The molecule has 8 heteroatoms. The normalized spacial score (nSPS) is 16.0. The van der Waals surface area contributed by atoms with Crippen LogP contribution in [-0.2, 0) is 4.74 Å². The summed E-state index contributed by atoms with van der Waals surface area (Å²) in [5.74, 6) is 0.485. The molecule has 0 spiro atoms. The number of carbonyl (C=O) groups excluding carboxylic acids is 1. The number of thioether (sulfide) groups is 1. The lowest BCUT2D eigenvalue weighted by molar-refractivity contribution is 0.0563. The van der Waals surface area contributed by atoms with Gasteiger partial charge in [-0.15, -0.1) is 10.2 Å². The van der Waals surface area contributed by atoms with Crippen LogP contribution in [0.3, 0.4) is 0 Å². The van der Waals surface area contributed by atoms with Gasteiger partial charge in [0.25, 0.3) is 0 Å². The average Bonchev–Trinajstić information content (AvgIpc) is 3.25. The van der Waals surface area contributed by atoms with E-state index in [9.17, 15) is 4.79 Å². The van der Waals surface area contributed by atoms with E-state index in [2.05, 4.69) is 19.8 Å². The van der Waals surface area contributed by atoms with Crippen LogP contribution >= 0.6 is 23.1 Å². The van der Waals surface area contributed by atoms with Crippen molar-refractivity contribution in [2.75, 3.05) is 25.1 Å². The van der Waals surface area contributed by atoms with Crippen LogP contribution in [0.1, 0.15) is 41.3 Å². The lowest BCUT2D eigenvalue weighted by Crippen LogP contribution is -2.17. The summed E-state index contributed by atoms with van der Waals surface area (Å²) in [6.07, 6.45) is 2.45. The molecule has 2 aromatic heterocycles. The van der Waals surface area contributed by atoms with Gasteiger partial charge in [-0.1, -0.05) is 23.1 Å². The third-order valence-corrected chi connectivity index (χ3v) is 5.65. The van der Waals surface area contributed by atoms with E-state index in [1.807, 2.05) is 6.92 Å². The lowest BCUT2D eigenvalue weighted by Gasteiger charge is -2.11. The quantitative estimate of drug-likeness (QED) is 0.611. The van der Waals surface area contributed by atoms with E-state index in [4.69, 9.17) is 4.42 Å². The van der Waals surface area contributed by atoms with E-state index >= 15 is 0 Å². The van der Waals surface area contributed by atoms with Crippen LogP contribution in [0.2, 0.25) is 0 Å². The molecule has 0 radical (unpaired) electrons. The van der Waals surface area contributed by atoms with Gasteiger partial charge < -0.3 is 14.1 Å². The molecule has 0 N–H and O–H groups in total. The molecular weight excluding hydrogens is 322 g/mol. The van der Waals surface area contributed by atoms with Gasteiger partial charge in [-0.3, -0.25) is 0 Å². The largest absolute Gasteiger partial charge is 0.463 e. The van der Waals surface area contributed by atoms with Crippen LogP contribution in [-0.4, -0.2) is 36.4 Å². The topological polar surface area (TPSA) is 68.5 Å². The molecule has 118 valence electrons. The van der Waals surface area contributed by atoms with Gasteiger partial charge in [-0.25, -0.2) is 4.79 Å². The molecule has 1 atom stereocenters. The number of hydrogen-bond acceptors (Lipinski definition) is 8. The van der Waals surface area contributed by atoms with Crippen molar-refractivity contribution < 1.29 is 13.9 Å². The van der Waals surface area contributed by atoms with Gasteiger partial charge in [0, 0.05) is 13.1 Å². The number of furan rings is 1. The fourth-order valence-corrected chi connectivity index (χ4v) is 4.39. The standard InChI is InChI=1S/C14H17N3O3S2/c1-9(10-5-6-11(20-10)12(18)19-2)21-14-16-15-13(22-14)17-7-3-4-8-17/h5-6,9H,3-4,7-8H2,1-2H3/t9-/m0/s1. The van der Waals surface area contributed by atoms with E-state index in [0.717, 1.165) is 28.3 Å². The van der Waals surface area contributed by atoms with Crippen LogP contribution in [0.4, 0.5) is 5.13 Å². The molecule has 0 unspecified atom stereocenters. The molecule has 1 fully saturated rings. The average molecular weight is 339 g/mol. The Morgan fingerprint density at radius 2 is 2.18 bits per heavy atom. The highest BCUT2D eigenvalue weighted by molar-refractivity contribution is 8.01. The van der Waals surface area contributed by atoms with Gasteiger partial charge in [-0.05, 0) is 31.9 Å². The van der Waals surface area contributed by atoms with Crippen LogP contribution in [0, 0.1) is 0 Å². The fraction of sp³-hybridized carbons (Fsp3) is 0.500. The van der Waals surface area contributed by atoms with Gasteiger partial charge in [-0.2, -0.15) is 0 Å². The minimum atomic E-state index is -0.462. The van der Waals surface area contributed by atoms with E-state index in [0.29, 0.717) is 0 Å². The molecule has 3 rings (SSSR count). The Bertz CT molecular complexity index is 649. The lowest BCUT2D eigenvalue weighted by atomic mass is 10.3. The summed E-state index contributed by atoms with van der Waals surface area (Å²) in [4.78, 5) is 13.7. The molecular formula is C14H17N3O3S2. The van der Waals surface area contributed by atoms with Gasteiger partial charge in [0.05, 0.1) is 12.4 Å². The second-order valence-corrected chi connectivity index (χ2v) is 7.54. The molecule has 0 bridgehead atoms. The molecule has 0 saturated carbocycles. The predicted octanol–water partition coefficient (Wildman–Crippen LogP) is 3.37. The van der Waals surface area contributed by atoms with E-state index in [1.165, 1.54) is 20.0 Å². The van der Waals surface area contributed by atoms with Crippen molar-refractivity contribution in [1.29, 1.82) is 0 Å². The highest BCUT2D eigenvalue weighted by atomic mass is 32.2. The summed E-state index contributed by atoms with van der Waals surface area (Å²) in [5.41, 5.74) is 0. The Balaban J connectivity index is 1.65. The molecule has 1 aliphatic rings. The van der Waals surface area contributed by atoms with Crippen LogP contribution < -0.4 is 4.90 Å². The number of ether oxygens (including phenoxy) is 1. The monoisotopic (exact) mass is 339 g/mol. The van der Waals surface area contributed by atoms with Gasteiger partial charge >= 0.3 is 5.97 Å². The van der Waals surface area contributed by atoms with Gasteiger partial charge in [0.2, 0.25) is 10.9 Å². The summed E-state index contributed by atoms with van der Waals surface area (Å²) in [7, 11) is 1.34.